The average Bonchev–Trinajstić information content (AvgIpc) is 2.79. The molecule has 0 aliphatic carbocycles. The second kappa shape index (κ2) is 9.81. The highest BCUT2D eigenvalue weighted by Gasteiger charge is 2.34. The van der Waals surface area contributed by atoms with Crippen molar-refractivity contribution in [2.24, 2.45) is 0 Å². The van der Waals surface area contributed by atoms with Crippen LogP contribution in [0, 0.1) is 0 Å². The van der Waals surface area contributed by atoms with Crippen molar-refractivity contribution in [3.63, 3.8) is 0 Å². The number of methoxy groups -OCH3 is 1. The minimum Gasteiger partial charge on any atom is -0.466 e. The van der Waals surface area contributed by atoms with Gasteiger partial charge in [0.15, 0.2) is 0 Å². The van der Waals surface area contributed by atoms with Gasteiger partial charge in [0.2, 0.25) is 0 Å². The Labute approximate surface area is 196 Å². The number of amides is 2. The molecule has 4 rings (SSSR count). The number of carbonyl (C=O) groups is 2. The van der Waals surface area contributed by atoms with E-state index in [1.165, 1.54) is 7.11 Å². The third-order valence-corrected chi connectivity index (χ3v) is 6.14. The quantitative estimate of drug-likeness (QED) is 0.647. The van der Waals surface area contributed by atoms with Crippen molar-refractivity contribution in [3.05, 3.63) is 75.4 Å². The van der Waals surface area contributed by atoms with Crippen LogP contribution in [0.1, 0.15) is 11.6 Å². The molecule has 2 aromatic carbocycles. The minimum absolute atomic E-state index is 0.366. The van der Waals surface area contributed by atoms with Crippen LogP contribution in [-0.2, 0) is 9.53 Å². The van der Waals surface area contributed by atoms with E-state index in [2.05, 4.69) is 20.4 Å². The summed E-state index contributed by atoms with van der Waals surface area (Å²) < 4.78 is 5.05. The molecule has 168 valence electrons. The maximum atomic E-state index is 12.7. The highest BCUT2D eigenvalue weighted by Crippen LogP contribution is 2.30. The topological polar surface area (TPSA) is 73.9 Å². The maximum Gasteiger partial charge on any atom is 0.338 e. The van der Waals surface area contributed by atoms with Crippen molar-refractivity contribution in [2.45, 2.75) is 6.04 Å². The van der Waals surface area contributed by atoms with E-state index >= 15 is 0 Å². The van der Waals surface area contributed by atoms with Gasteiger partial charge in [-0.25, -0.2) is 9.59 Å². The molecule has 9 heteroatoms. The molecule has 32 heavy (non-hydrogen) atoms. The van der Waals surface area contributed by atoms with Crippen LogP contribution in [0.4, 0.5) is 10.5 Å². The maximum absolute atomic E-state index is 12.7. The number of esters is 1. The number of anilines is 1. The molecule has 2 aliphatic heterocycles. The van der Waals surface area contributed by atoms with Crippen LogP contribution in [0.2, 0.25) is 10.0 Å². The van der Waals surface area contributed by atoms with Gasteiger partial charge in [0, 0.05) is 54.2 Å². The number of urea groups is 1. The summed E-state index contributed by atoms with van der Waals surface area (Å²) >= 11 is 12.3. The Morgan fingerprint density at radius 1 is 1.06 bits per heavy atom. The summed E-state index contributed by atoms with van der Waals surface area (Å²) in [7, 11) is 1.34. The van der Waals surface area contributed by atoms with E-state index in [9.17, 15) is 9.59 Å². The number of nitrogens with one attached hydrogen (secondary N) is 2. The van der Waals surface area contributed by atoms with Crippen molar-refractivity contribution in [3.8, 4) is 0 Å². The van der Waals surface area contributed by atoms with Crippen molar-refractivity contribution in [1.82, 2.24) is 15.5 Å². The van der Waals surface area contributed by atoms with Gasteiger partial charge >= 0.3 is 12.0 Å². The average molecular weight is 475 g/mol. The number of carbonyl (C=O) groups excluding carboxylic acids is 2. The number of nitrogens with zero attached hydrogens (tertiary/aromatic N) is 2. The molecule has 1 atom stereocenters. The van der Waals surface area contributed by atoms with Gasteiger partial charge in [0.1, 0.15) is 0 Å². The monoisotopic (exact) mass is 474 g/mol. The highest BCUT2D eigenvalue weighted by atomic mass is 35.5. The molecule has 0 bridgehead atoms. The zero-order valence-electron chi connectivity index (χ0n) is 17.6. The van der Waals surface area contributed by atoms with Gasteiger partial charge in [-0.15, -0.1) is 0 Å². The van der Waals surface area contributed by atoms with Crippen LogP contribution in [-0.4, -0.2) is 56.7 Å². The van der Waals surface area contributed by atoms with E-state index in [1.54, 1.807) is 18.2 Å². The predicted octanol–water partition coefficient (Wildman–Crippen LogP) is 3.60. The molecule has 0 aromatic heterocycles. The fraction of sp³-hybridized carbons (Fsp3) is 0.304. The zero-order valence-corrected chi connectivity index (χ0v) is 19.1. The number of hydrogen-bond acceptors (Lipinski definition) is 5. The fourth-order valence-corrected chi connectivity index (χ4v) is 4.47. The summed E-state index contributed by atoms with van der Waals surface area (Å²) in [6.45, 7) is 3.60. The second-order valence-electron chi connectivity index (χ2n) is 7.71. The molecule has 0 spiro atoms. The van der Waals surface area contributed by atoms with Crippen molar-refractivity contribution in [1.29, 1.82) is 0 Å². The van der Waals surface area contributed by atoms with Gasteiger partial charge < -0.3 is 20.3 Å². The highest BCUT2D eigenvalue weighted by molar-refractivity contribution is 6.31. The second-order valence-corrected chi connectivity index (χ2v) is 8.59. The Morgan fingerprint density at radius 3 is 2.41 bits per heavy atom. The first-order chi connectivity index (χ1) is 15.4. The number of benzene rings is 2. The Balaban J connectivity index is 1.55. The number of rotatable bonds is 5. The van der Waals surface area contributed by atoms with Gasteiger partial charge in [-0.2, -0.15) is 0 Å². The summed E-state index contributed by atoms with van der Waals surface area (Å²) in [4.78, 5) is 29.6. The van der Waals surface area contributed by atoms with Gasteiger partial charge in [0.05, 0.1) is 18.7 Å². The summed E-state index contributed by atoms with van der Waals surface area (Å²) in [5.41, 5.74) is 2.73. The summed E-state index contributed by atoms with van der Waals surface area (Å²) in [6, 6.07) is 13.9. The summed E-state index contributed by atoms with van der Waals surface area (Å²) in [5.74, 6) is -0.491. The van der Waals surface area contributed by atoms with Crippen LogP contribution in [0.15, 0.2) is 59.8 Å². The van der Waals surface area contributed by atoms with E-state index in [0.717, 1.165) is 37.4 Å². The van der Waals surface area contributed by atoms with Crippen molar-refractivity contribution in [2.75, 3.05) is 44.7 Å². The largest absolute Gasteiger partial charge is 0.466 e. The normalized spacial score (nSPS) is 19.4. The third-order valence-electron chi connectivity index (χ3n) is 5.67. The van der Waals surface area contributed by atoms with Crippen LogP contribution < -0.4 is 15.5 Å². The van der Waals surface area contributed by atoms with E-state index in [0.29, 0.717) is 27.9 Å². The molecule has 2 N–H and O–H groups in total. The zero-order chi connectivity index (χ0) is 22.7. The molecule has 7 nitrogen and oxygen atoms in total. The van der Waals surface area contributed by atoms with Crippen LogP contribution in [0.5, 0.6) is 0 Å². The van der Waals surface area contributed by atoms with Gasteiger partial charge in [-0.3, -0.25) is 4.90 Å². The van der Waals surface area contributed by atoms with Gasteiger partial charge in [-0.1, -0.05) is 41.4 Å². The summed E-state index contributed by atoms with van der Waals surface area (Å²) in [5, 5.41) is 6.87. The lowest BCUT2D eigenvalue weighted by Gasteiger charge is -2.38. The lowest BCUT2D eigenvalue weighted by atomic mass is 9.95. The van der Waals surface area contributed by atoms with Crippen molar-refractivity contribution >= 4 is 40.9 Å². The first-order valence-corrected chi connectivity index (χ1v) is 11.1. The molecule has 2 amide bonds. The minimum atomic E-state index is -0.641. The van der Waals surface area contributed by atoms with E-state index in [4.69, 9.17) is 27.9 Å². The van der Waals surface area contributed by atoms with Gasteiger partial charge in [-0.05, 0) is 35.9 Å². The number of hydrogen-bond donors (Lipinski definition) is 2. The standard InChI is InChI=1S/C23H24Cl2N4O3/c1-32-22(30)20-19(26-23(31)27-21(20)15-4-2-5-16(24)12-15)14-28-8-10-29(11-9-28)18-7-3-6-17(25)13-18/h2-7,12-13,21H,8-11,14H2,1H3,(H2,26,27,31)/t21-/m1/s1. The lowest BCUT2D eigenvalue weighted by Crippen LogP contribution is -2.51. The summed E-state index contributed by atoms with van der Waals surface area (Å²) in [6.07, 6.45) is 0. The van der Waals surface area contributed by atoms with E-state index in [-0.39, 0.29) is 6.03 Å². The van der Waals surface area contributed by atoms with E-state index < -0.39 is 12.0 Å². The smallest absolute Gasteiger partial charge is 0.338 e. The Hall–Kier alpha value is -2.74. The first-order valence-electron chi connectivity index (χ1n) is 10.3. The van der Waals surface area contributed by atoms with E-state index in [1.807, 2.05) is 30.3 Å². The first kappa shape index (κ1) is 22.5. The SMILES string of the molecule is COC(=O)C1=C(CN2CCN(c3cccc(Cl)c3)CC2)NC(=O)N[C@@H]1c1cccc(Cl)c1. The molecule has 2 aromatic rings. The predicted molar refractivity (Wildman–Crippen MR) is 125 cm³/mol. The molecule has 0 saturated carbocycles. The Kier molecular flexibility index (Phi) is 6.89. The molecule has 1 fully saturated rings. The number of piperazine rings is 1. The molecular weight excluding hydrogens is 451 g/mol. The Bertz CT molecular complexity index is 1050. The molecule has 2 heterocycles. The van der Waals surface area contributed by atoms with Crippen LogP contribution >= 0.6 is 23.2 Å². The molecule has 2 aliphatic rings. The van der Waals surface area contributed by atoms with Crippen molar-refractivity contribution < 1.29 is 14.3 Å². The molecule has 1 saturated heterocycles. The third kappa shape index (κ3) is 5.01. The van der Waals surface area contributed by atoms with Crippen LogP contribution in [0.25, 0.3) is 0 Å². The molecule has 0 unspecified atom stereocenters. The molecular formula is C23H24Cl2N4O3. The number of halogens is 2. The van der Waals surface area contributed by atoms with Crippen LogP contribution in [0.3, 0.4) is 0 Å². The number of ether oxygens (including phenoxy) is 1. The fourth-order valence-electron chi connectivity index (χ4n) is 4.09. The lowest BCUT2D eigenvalue weighted by molar-refractivity contribution is -0.136. The Morgan fingerprint density at radius 2 is 1.75 bits per heavy atom. The molecule has 0 radical (unpaired) electrons. The van der Waals surface area contributed by atoms with Gasteiger partial charge in [0.25, 0.3) is 0 Å².